The number of para-hydroxylation sites is 1. The first-order chi connectivity index (χ1) is 11.6. The van der Waals surface area contributed by atoms with Gasteiger partial charge in [0, 0.05) is 37.1 Å². The van der Waals surface area contributed by atoms with Gasteiger partial charge in [-0.3, -0.25) is 9.69 Å². The Kier molecular flexibility index (Phi) is 7.03. The number of methoxy groups -OCH3 is 1. The van der Waals surface area contributed by atoms with Crippen LogP contribution in [-0.2, 0) is 17.9 Å². The summed E-state index contributed by atoms with van der Waals surface area (Å²) in [6.45, 7) is 6.14. The fourth-order valence-corrected chi connectivity index (χ4v) is 3.23. The van der Waals surface area contributed by atoms with E-state index in [1.807, 2.05) is 43.5 Å². The zero-order valence-corrected chi connectivity index (χ0v) is 15.1. The lowest BCUT2D eigenvalue weighted by atomic mass is 10.2. The van der Waals surface area contributed by atoms with Crippen LogP contribution in [0.1, 0.15) is 10.4 Å². The molecule has 0 unspecified atom stereocenters. The van der Waals surface area contributed by atoms with Gasteiger partial charge in [-0.25, -0.2) is 0 Å². The van der Waals surface area contributed by atoms with Gasteiger partial charge < -0.3 is 9.64 Å². The molecule has 1 amide bonds. The molecule has 2 rings (SSSR count). The molecule has 0 N–H and O–H groups in total. The average Bonchev–Trinajstić information content (AvgIpc) is 3.08. The first-order valence-corrected chi connectivity index (χ1v) is 8.73. The Morgan fingerprint density at radius 1 is 1.25 bits per heavy atom. The van der Waals surface area contributed by atoms with E-state index >= 15 is 0 Å². The molecule has 0 spiro atoms. The van der Waals surface area contributed by atoms with Crippen molar-refractivity contribution in [2.75, 3.05) is 27.2 Å². The molecule has 1 aromatic carbocycles. The van der Waals surface area contributed by atoms with Crippen molar-refractivity contribution in [3.8, 4) is 5.75 Å². The molecule has 0 aliphatic rings. The van der Waals surface area contributed by atoms with Gasteiger partial charge in [0.1, 0.15) is 5.75 Å². The minimum atomic E-state index is 0.0827. The van der Waals surface area contributed by atoms with Gasteiger partial charge >= 0.3 is 0 Å². The standard InChI is InChI=1S/C19H24N2O2S/c1-4-11-21(14-17-9-7-12-24-17)15-19(22)20(2)13-16-8-5-6-10-18(16)23-3/h4-10,12H,1,11,13-15H2,2-3H3. The molecule has 24 heavy (non-hydrogen) atoms. The first kappa shape index (κ1) is 18.2. The number of amides is 1. The number of likely N-dealkylation sites (N-methyl/N-ethyl adjacent to an activating group) is 1. The van der Waals surface area contributed by atoms with E-state index in [1.54, 1.807) is 23.3 Å². The maximum Gasteiger partial charge on any atom is 0.236 e. The molecule has 0 aliphatic heterocycles. The van der Waals surface area contributed by atoms with Crippen LogP contribution in [0.3, 0.4) is 0 Å². The Morgan fingerprint density at radius 3 is 2.71 bits per heavy atom. The highest BCUT2D eigenvalue weighted by molar-refractivity contribution is 7.09. The minimum Gasteiger partial charge on any atom is -0.496 e. The third-order valence-corrected chi connectivity index (χ3v) is 4.59. The van der Waals surface area contributed by atoms with Crippen molar-refractivity contribution < 1.29 is 9.53 Å². The van der Waals surface area contributed by atoms with Gasteiger partial charge in [0.2, 0.25) is 5.91 Å². The highest BCUT2D eigenvalue weighted by atomic mass is 32.1. The largest absolute Gasteiger partial charge is 0.496 e. The van der Waals surface area contributed by atoms with Gasteiger partial charge in [0.15, 0.2) is 0 Å². The van der Waals surface area contributed by atoms with E-state index in [1.165, 1.54) is 4.88 Å². The monoisotopic (exact) mass is 344 g/mol. The number of carbonyl (C=O) groups is 1. The van der Waals surface area contributed by atoms with Crippen molar-refractivity contribution in [1.29, 1.82) is 0 Å². The van der Waals surface area contributed by atoms with Crippen LogP contribution < -0.4 is 4.74 Å². The van der Waals surface area contributed by atoms with E-state index in [4.69, 9.17) is 4.74 Å². The number of rotatable bonds is 9. The summed E-state index contributed by atoms with van der Waals surface area (Å²) in [5, 5.41) is 2.05. The van der Waals surface area contributed by atoms with Crippen molar-refractivity contribution >= 4 is 17.2 Å². The van der Waals surface area contributed by atoms with Gasteiger partial charge in [-0.15, -0.1) is 17.9 Å². The molecule has 0 aliphatic carbocycles. The zero-order valence-electron chi connectivity index (χ0n) is 14.3. The highest BCUT2D eigenvalue weighted by Crippen LogP contribution is 2.19. The number of hydrogen-bond donors (Lipinski definition) is 0. The Balaban J connectivity index is 1.96. The van der Waals surface area contributed by atoms with Crippen molar-refractivity contribution in [2.24, 2.45) is 0 Å². The van der Waals surface area contributed by atoms with E-state index in [9.17, 15) is 4.79 Å². The van der Waals surface area contributed by atoms with E-state index < -0.39 is 0 Å². The molecule has 1 aromatic heterocycles. The summed E-state index contributed by atoms with van der Waals surface area (Å²) in [5.41, 5.74) is 1.00. The van der Waals surface area contributed by atoms with Crippen LogP contribution in [0.25, 0.3) is 0 Å². The molecule has 0 saturated carbocycles. The summed E-state index contributed by atoms with van der Waals surface area (Å²) in [7, 11) is 3.47. The molecule has 0 fully saturated rings. The van der Waals surface area contributed by atoms with Crippen LogP contribution in [0, 0.1) is 0 Å². The molecule has 0 atom stereocenters. The highest BCUT2D eigenvalue weighted by Gasteiger charge is 2.16. The number of ether oxygens (including phenoxy) is 1. The van der Waals surface area contributed by atoms with Crippen LogP contribution in [0.5, 0.6) is 5.75 Å². The summed E-state index contributed by atoms with van der Waals surface area (Å²) >= 11 is 1.70. The van der Waals surface area contributed by atoms with E-state index in [0.29, 0.717) is 19.6 Å². The Bertz CT molecular complexity index is 655. The topological polar surface area (TPSA) is 32.8 Å². The molecular formula is C19H24N2O2S. The van der Waals surface area contributed by atoms with Gasteiger partial charge in [0.05, 0.1) is 13.7 Å². The summed E-state index contributed by atoms with van der Waals surface area (Å²) in [5.74, 6) is 0.887. The third kappa shape index (κ3) is 5.22. The van der Waals surface area contributed by atoms with Gasteiger partial charge in [-0.05, 0) is 17.5 Å². The molecule has 5 heteroatoms. The molecule has 0 bridgehead atoms. The van der Waals surface area contributed by atoms with Crippen LogP contribution >= 0.6 is 11.3 Å². The fraction of sp³-hybridized carbons (Fsp3) is 0.316. The molecule has 2 aromatic rings. The second-order valence-corrected chi connectivity index (χ2v) is 6.63. The minimum absolute atomic E-state index is 0.0827. The number of nitrogens with zero attached hydrogens (tertiary/aromatic N) is 2. The maximum absolute atomic E-state index is 12.6. The summed E-state index contributed by atoms with van der Waals surface area (Å²) < 4.78 is 5.36. The molecule has 1 heterocycles. The summed E-state index contributed by atoms with van der Waals surface area (Å²) in [4.78, 5) is 17.7. The lowest BCUT2D eigenvalue weighted by Crippen LogP contribution is -2.37. The van der Waals surface area contributed by atoms with E-state index in [2.05, 4.69) is 22.9 Å². The third-order valence-electron chi connectivity index (χ3n) is 3.73. The zero-order chi connectivity index (χ0) is 17.4. The second kappa shape index (κ2) is 9.25. The smallest absolute Gasteiger partial charge is 0.236 e. The predicted molar refractivity (Wildman–Crippen MR) is 99.3 cm³/mol. The molecular weight excluding hydrogens is 320 g/mol. The Hall–Kier alpha value is -2.11. The lowest BCUT2D eigenvalue weighted by molar-refractivity contribution is -0.131. The van der Waals surface area contributed by atoms with Crippen LogP contribution in [0.2, 0.25) is 0 Å². The van der Waals surface area contributed by atoms with Crippen LogP contribution in [0.4, 0.5) is 0 Å². The van der Waals surface area contributed by atoms with Gasteiger partial charge in [-0.2, -0.15) is 0 Å². The molecule has 4 nitrogen and oxygen atoms in total. The number of benzene rings is 1. The molecule has 0 saturated heterocycles. The number of carbonyl (C=O) groups excluding carboxylic acids is 1. The van der Waals surface area contributed by atoms with E-state index in [-0.39, 0.29) is 5.91 Å². The lowest BCUT2D eigenvalue weighted by Gasteiger charge is -2.24. The average molecular weight is 344 g/mol. The number of hydrogen-bond acceptors (Lipinski definition) is 4. The normalized spacial score (nSPS) is 10.6. The predicted octanol–water partition coefficient (Wildman–Crippen LogP) is 3.40. The SMILES string of the molecule is C=CCN(CC(=O)N(C)Cc1ccccc1OC)Cc1cccs1. The summed E-state index contributed by atoms with van der Waals surface area (Å²) in [6, 6.07) is 11.9. The first-order valence-electron chi connectivity index (χ1n) is 7.85. The quantitative estimate of drug-likeness (QED) is 0.654. The van der Waals surface area contributed by atoms with Crippen LogP contribution in [-0.4, -0.2) is 43.0 Å². The van der Waals surface area contributed by atoms with Crippen LogP contribution in [0.15, 0.2) is 54.4 Å². The fourth-order valence-electron chi connectivity index (χ4n) is 2.48. The van der Waals surface area contributed by atoms with Crippen molar-refractivity contribution in [1.82, 2.24) is 9.80 Å². The van der Waals surface area contributed by atoms with E-state index in [0.717, 1.165) is 17.9 Å². The second-order valence-electron chi connectivity index (χ2n) is 5.60. The molecule has 0 radical (unpaired) electrons. The molecule has 128 valence electrons. The maximum atomic E-state index is 12.6. The van der Waals surface area contributed by atoms with Gasteiger partial charge in [-0.1, -0.05) is 30.3 Å². The Labute approximate surface area is 148 Å². The Morgan fingerprint density at radius 2 is 2.04 bits per heavy atom. The number of thiophene rings is 1. The van der Waals surface area contributed by atoms with Crippen molar-refractivity contribution in [3.05, 3.63) is 64.9 Å². The summed E-state index contributed by atoms with van der Waals surface area (Å²) in [6.07, 6.45) is 1.83. The van der Waals surface area contributed by atoms with Gasteiger partial charge in [0.25, 0.3) is 0 Å². The van der Waals surface area contributed by atoms with Crippen molar-refractivity contribution in [2.45, 2.75) is 13.1 Å². The van der Waals surface area contributed by atoms with Crippen molar-refractivity contribution in [3.63, 3.8) is 0 Å².